The lowest BCUT2D eigenvalue weighted by atomic mass is 10.0. The fourth-order valence-electron chi connectivity index (χ4n) is 7.05. The van der Waals surface area contributed by atoms with Gasteiger partial charge in [-0.05, 0) is 51.3 Å². The second-order valence-electron chi connectivity index (χ2n) is 13.0. The van der Waals surface area contributed by atoms with Crippen molar-refractivity contribution in [2.45, 2.75) is 58.2 Å². The number of nitrogens with zero attached hydrogens (tertiary/aromatic N) is 6. The van der Waals surface area contributed by atoms with Crippen LogP contribution in [0.3, 0.4) is 0 Å². The minimum atomic E-state index is -0.323. The molecule has 0 saturated carbocycles. The number of aromatic nitrogens is 2. The van der Waals surface area contributed by atoms with Crippen LogP contribution in [-0.2, 0) is 9.63 Å². The molecule has 6 rings (SSSR count). The molecule has 3 aromatic rings. The van der Waals surface area contributed by atoms with Crippen molar-refractivity contribution < 1.29 is 18.8 Å². The smallest absolute Gasteiger partial charge is 0.247 e. The Morgan fingerprint density at radius 3 is 2.54 bits per heavy atom. The molecule has 0 spiro atoms. The summed E-state index contributed by atoms with van der Waals surface area (Å²) in [6.07, 6.45) is 5.44. The Balaban J connectivity index is 1.21. The molecule has 1 amide bonds. The molecule has 2 N–H and O–H groups in total. The molecule has 0 aliphatic carbocycles. The van der Waals surface area contributed by atoms with Crippen LogP contribution in [0.15, 0.2) is 55.4 Å². The molecule has 11 nitrogen and oxygen atoms in total. The number of benzene rings is 2. The van der Waals surface area contributed by atoms with Crippen molar-refractivity contribution in [3.05, 3.63) is 72.3 Å². The summed E-state index contributed by atoms with van der Waals surface area (Å²) < 4.78 is 20.9. The zero-order chi connectivity index (χ0) is 33.8. The SMILES string of the molecule is C=CC(=O)Nc1cc(Nc2cc(N3OCCC3c3cccc(C)c3F)ncn2)c(OC)cc1N1CCC(N2CCN(C(C)C)CC2)CC1. The first-order chi connectivity index (χ1) is 23.2. The lowest BCUT2D eigenvalue weighted by Crippen LogP contribution is -2.54. The Bertz CT molecular complexity index is 1600. The molecular formula is C36H47FN8O3. The number of nitrogens with one attached hydrogen (secondary N) is 2. The maximum absolute atomic E-state index is 15.1. The number of rotatable bonds is 10. The Hall–Kier alpha value is -4.26. The minimum Gasteiger partial charge on any atom is -0.494 e. The van der Waals surface area contributed by atoms with E-state index in [4.69, 9.17) is 9.57 Å². The van der Waals surface area contributed by atoms with Crippen molar-refractivity contribution >= 4 is 34.6 Å². The van der Waals surface area contributed by atoms with Gasteiger partial charge in [-0.3, -0.25) is 19.4 Å². The number of methoxy groups -OCH3 is 1. The zero-order valence-corrected chi connectivity index (χ0v) is 28.4. The lowest BCUT2D eigenvalue weighted by Gasteiger charge is -2.44. The predicted molar refractivity (Wildman–Crippen MR) is 188 cm³/mol. The molecule has 256 valence electrons. The van der Waals surface area contributed by atoms with Gasteiger partial charge in [-0.15, -0.1) is 0 Å². The van der Waals surface area contributed by atoms with Gasteiger partial charge in [0.05, 0.1) is 36.8 Å². The molecule has 3 aliphatic rings. The number of hydrogen-bond donors (Lipinski definition) is 2. The number of halogens is 1. The average Bonchev–Trinajstić information content (AvgIpc) is 3.60. The van der Waals surface area contributed by atoms with Gasteiger partial charge in [-0.25, -0.2) is 19.4 Å². The molecule has 0 radical (unpaired) electrons. The van der Waals surface area contributed by atoms with Crippen molar-refractivity contribution in [2.75, 3.05) is 73.6 Å². The minimum absolute atomic E-state index is 0.238. The van der Waals surface area contributed by atoms with E-state index in [0.29, 0.717) is 65.0 Å². The third kappa shape index (κ3) is 7.25. The number of anilines is 5. The van der Waals surface area contributed by atoms with Crippen LogP contribution in [0.5, 0.6) is 5.75 Å². The van der Waals surface area contributed by atoms with Crippen LogP contribution in [0, 0.1) is 12.7 Å². The fourth-order valence-corrected chi connectivity index (χ4v) is 7.05. The van der Waals surface area contributed by atoms with E-state index >= 15 is 4.39 Å². The number of ether oxygens (including phenoxy) is 1. The van der Waals surface area contributed by atoms with Crippen LogP contribution >= 0.6 is 0 Å². The standard InChI is InChI=1S/C36H47FN8O3/c1-6-35(46)41-28-20-29(32(47-5)21-31(28)44-13-10-26(11-14-44)43-17-15-42(16-18-43)24(2)3)40-33-22-34(39-23-38-33)45-30(12-19-48-45)27-9-7-8-25(4)36(27)37/h6-9,20-24,26,30H,1,10-19H2,2-5H3,(H,41,46)(H,38,39,40). The maximum Gasteiger partial charge on any atom is 0.247 e. The predicted octanol–water partition coefficient (Wildman–Crippen LogP) is 5.68. The zero-order valence-electron chi connectivity index (χ0n) is 28.4. The Kier molecular flexibility index (Phi) is 10.4. The number of hydroxylamine groups is 1. The monoisotopic (exact) mass is 658 g/mol. The van der Waals surface area contributed by atoms with Crippen LogP contribution in [0.1, 0.15) is 50.3 Å². The van der Waals surface area contributed by atoms with Crippen LogP contribution in [0.2, 0.25) is 0 Å². The third-order valence-corrected chi connectivity index (χ3v) is 9.79. The van der Waals surface area contributed by atoms with Gasteiger partial charge in [0.1, 0.15) is 23.7 Å². The van der Waals surface area contributed by atoms with Crippen LogP contribution in [0.4, 0.5) is 33.1 Å². The fraction of sp³-hybridized carbons (Fsp3) is 0.472. The van der Waals surface area contributed by atoms with Crippen molar-refractivity contribution in [1.82, 2.24) is 19.8 Å². The molecule has 1 atom stereocenters. The highest BCUT2D eigenvalue weighted by atomic mass is 19.1. The van der Waals surface area contributed by atoms with Gasteiger partial charge in [-0.2, -0.15) is 0 Å². The van der Waals surface area contributed by atoms with Crippen LogP contribution in [-0.4, -0.2) is 90.7 Å². The second-order valence-corrected chi connectivity index (χ2v) is 13.0. The number of piperidine rings is 1. The van der Waals surface area contributed by atoms with Gasteiger partial charge in [0, 0.05) is 75.5 Å². The summed E-state index contributed by atoms with van der Waals surface area (Å²) in [5, 5.41) is 8.00. The summed E-state index contributed by atoms with van der Waals surface area (Å²) in [6.45, 7) is 16.6. The van der Waals surface area contributed by atoms with E-state index in [0.717, 1.165) is 57.8 Å². The first-order valence-electron chi connectivity index (χ1n) is 16.9. The van der Waals surface area contributed by atoms with E-state index in [9.17, 15) is 4.79 Å². The van der Waals surface area contributed by atoms with Gasteiger partial charge in [-0.1, -0.05) is 24.8 Å². The molecule has 12 heteroatoms. The summed E-state index contributed by atoms with van der Waals surface area (Å²) in [5.41, 5.74) is 3.32. The Morgan fingerprint density at radius 1 is 1.06 bits per heavy atom. The maximum atomic E-state index is 15.1. The number of carbonyl (C=O) groups excluding carboxylic acids is 1. The van der Waals surface area contributed by atoms with Crippen molar-refractivity contribution in [3.8, 4) is 5.75 Å². The van der Waals surface area contributed by atoms with Crippen molar-refractivity contribution in [1.29, 1.82) is 0 Å². The van der Waals surface area contributed by atoms with E-state index in [2.05, 4.69) is 55.7 Å². The molecule has 3 fully saturated rings. The van der Waals surface area contributed by atoms with E-state index in [1.807, 2.05) is 18.2 Å². The normalized spacial score (nSPS) is 19.5. The van der Waals surface area contributed by atoms with Crippen molar-refractivity contribution in [2.24, 2.45) is 0 Å². The summed E-state index contributed by atoms with van der Waals surface area (Å²) in [4.78, 5) is 34.9. The quantitative estimate of drug-likeness (QED) is 0.265. The molecule has 1 aromatic heterocycles. The summed E-state index contributed by atoms with van der Waals surface area (Å²) >= 11 is 0. The molecule has 1 unspecified atom stereocenters. The number of amides is 1. The number of piperazine rings is 1. The van der Waals surface area contributed by atoms with E-state index in [-0.39, 0.29) is 17.8 Å². The van der Waals surface area contributed by atoms with Gasteiger partial charge >= 0.3 is 0 Å². The molecule has 2 aromatic carbocycles. The lowest BCUT2D eigenvalue weighted by molar-refractivity contribution is -0.111. The molecule has 3 saturated heterocycles. The highest BCUT2D eigenvalue weighted by Gasteiger charge is 2.32. The molecule has 0 bridgehead atoms. The van der Waals surface area contributed by atoms with Crippen molar-refractivity contribution in [3.63, 3.8) is 0 Å². The van der Waals surface area contributed by atoms with Gasteiger partial charge in [0.2, 0.25) is 5.91 Å². The van der Waals surface area contributed by atoms with Gasteiger partial charge < -0.3 is 20.3 Å². The van der Waals surface area contributed by atoms with Crippen LogP contribution < -0.4 is 25.3 Å². The number of hydrogen-bond acceptors (Lipinski definition) is 10. The van der Waals surface area contributed by atoms with Gasteiger partial charge in [0.15, 0.2) is 5.82 Å². The molecular weight excluding hydrogens is 611 g/mol. The largest absolute Gasteiger partial charge is 0.494 e. The highest BCUT2D eigenvalue weighted by molar-refractivity contribution is 6.02. The Morgan fingerprint density at radius 2 is 1.83 bits per heavy atom. The second kappa shape index (κ2) is 14.9. The first-order valence-corrected chi connectivity index (χ1v) is 16.9. The topological polar surface area (TPSA) is 98.3 Å². The van der Waals surface area contributed by atoms with E-state index in [1.54, 1.807) is 37.3 Å². The third-order valence-electron chi connectivity index (χ3n) is 9.79. The number of carbonyl (C=O) groups is 1. The highest BCUT2D eigenvalue weighted by Crippen LogP contribution is 2.41. The van der Waals surface area contributed by atoms with E-state index < -0.39 is 0 Å². The molecule has 48 heavy (non-hydrogen) atoms. The van der Waals surface area contributed by atoms with E-state index in [1.165, 1.54) is 12.4 Å². The van der Waals surface area contributed by atoms with Gasteiger partial charge in [0.25, 0.3) is 0 Å². The number of aryl methyl sites for hydroxylation is 1. The van der Waals surface area contributed by atoms with Crippen LogP contribution in [0.25, 0.3) is 0 Å². The average molecular weight is 659 g/mol. The summed E-state index contributed by atoms with van der Waals surface area (Å²) in [7, 11) is 1.62. The summed E-state index contributed by atoms with van der Waals surface area (Å²) in [6, 6.07) is 11.8. The molecule has 3 aliphatic heterocycles. The Labute approximate surface area is 282 Å². The molecule has 4 heterocycles. The first kappa shape index (κ1) is 33.6. The summed E-state index contributed by atoms with van der Waals surface area (Å²) in [5.74, 6) is 1.06.